The summed E-state index contributed by atoms with van der Waals surface area (Å²) in [5.41, 5.74) is 0.243. The third kappa shape index (κ3) is 3.20. The van der Waals surface area contributed by atoms with Crippen LogP contribution < -0.4 is 10.2 Å². The molecular formula is C13H20N4O2. The fraction of sp³-hybridized carbons (Fsp3) is 0.615. The Morgan fingerprint density at radius 1 is 1.42 bits per heavy atom. The van der Waals surface area contributed by atoms with Crippen molar-refractivity contribution in [2.75, 3.05) is 31.6 Å². The average Bonchev–Trinajstić information content (AvgIpc) is 2.49. The quantitative estimate of drug-likeness (QED) is 0.813. The van der Waals surface area contributed by atoms with Crippen LogP contribution in [0, 0.1) is 0 Å². The second-order valence-corrected chi connectivity index (χ2v) is 4.52. The van der Waals surface area contributed by atoms with Crippen LogP contribution in [0.3, 0.4) is 0 Å². The van der Waals surface area contributed by atoms with E-state index in [2.05, 4.69) is 31.8 Å². The Kier molecular flexibility index (Phi) is 4.68. The molecule has 1 saturated heterocycles. The fourth-order valence-corrected chi connectivity index (χ4v) is 2.41. The number of carbonyl (C=O) groups excluding carboxylic acids is 1. The van der Waals surface area contributed by atoms with Crippen LogP contribution in [0.4, 0.5) is 5.82 Å². The number of methoxy groups -OCH3 is 1. The highest BCUT2D eigenvalue weighted by atomic mass is 16.5. The minimum absolute atomic E-state index is 0.243. The Labute approximate surface area is 113 Å². The minimum atomic E-state index is -0.455. The van der Waals surface area contributed by atoms with Gasteiger partial charge < -0.3 is 15.0 Å². The van der Waals surface area contributed by atoms with Crippen LogP contribution in [-0.2, 0) is 4.74 Å². The van der Waals surface area contributed by atoms with E-state index < -0.39 is 5.97 Å². The molecular weight excluding hydrogens is 244 g/mol. The van der Waals surface area contributed by atoms with Crippen molar-refractivity contribution in [3.63, 3.8) is 0 Å². The van der Waals surface area contributed by atoms with Crippen LogP contribution >= 0.6 is 0 Å². The average molecular weight is 264 g/mol. The first-order valence-corrected chi connectivity index (χ1v) is 6.64. The summed E-state index contributed by atoms with van der Waals surface area (Å²) in [6.07, 6.45) is 5.34. The first kappa shape index (κ1) is 13.7. The van der Waals surface area contributed by atoms with Crippen LogP contribution in [0.25, 0.3) is 0 Å². The molecule has 0 aliphatic carbocycles. The zero-order valence-corrected chi connectivity index (χ0v) is 11.4. The molecule has 6 heteroatoms. The molecule has 2 heterocycles. The van der Waals surface area contributed by atoms with Crippen molar-refractivity contribution in [2.45, 2.75) is 25.8 Å². The van der Waals surface area contributed by atoms with Crippen molar-refractivity contribution in [2.24, 2.45) is 0 Å². The van der Waals surface area contributed by atoms with Gasteiger partial charge in [-0.2, -0.15) is 0 Å². The molecule has 0 aromatic carbocycles. The molecule has 0 atom stereocenters. The molecule has 0 radical (unpaired) electrons. The number of hydrogen-bond acceptors (Lipinski definition) is 6. The number of aromatic nitrogens is 2. The number of carbonyl (C=O) groups is 1. The molecule has 0 unspecified atom stereocenters. The van der Waals surface area contributed by atoms with Crippen molar-refractivity contribution in [1.82, 2.24) is 15.3 Å². The topological polar surface area (TPSA) is 67.4 Å². The van der Waals surface area contributed by atoms with Crippen molar-refractivity contribution in [3.8, 4) is 0 Å². The second-order valence-electron chi connectivity index (χ2n) is 4.52. The van der Waals surface area contributed by atoms with Gasteiger partial charge >= 0.3 is 5.97 Å². The summed E-state index contributed by atoms with van der Waals surface area (Å²) in [7, 11) is 1.34. The highest BCUT2D eigenvalue weighted by molar-refractivity contribution is 5.86. The lowest BCUT2D eigenvalue weighted by Crippen LogP contribution is -2.43. The molecule has 2 rings (SSSR count). The third-order valence-electron chi connectivity index (χ3n) is 3.42. The largest absolute Gasteiger partial charge is 0.464 e. The molecule has 1 aliphatic rings. The molecule has 1 fully saturated rings. The van der Waals surface area contributed by atoms with Gasteiger partial charge in [-0.25, -0.2) is 14.8 Å². The van der Waals surface area contributed by atoms with Crippen LogP contribution in [0.15, 0.2) is 12.4 Å². The lowest BCUT2D eigenvalue weighted by atomic mass is 10.1. The van der Waals surface area contributed by atoms with Crippen molar-refractivity contribution < 1.29 is 9.53 Å². The summed E-state index contributed by atoms with van der Waals surface area (Å²) in [6, 6.07) is 0.490. The number of nitrogens with zero attached hydrogens (tertiary/aromatic N) is 3. The maximum Gasteiger partial charge on any atom is 0.358 e. The molecule has 0 spiro atoms. The first-order chi connectivity index (χ1) is 9.26. The summed E-state index contributed by atoms with van der Waals surface area (Å²) < 4.78 is 4.62. The Morgan fingerprint density at radius 3 is 2.68 bits per heavy atom. The van der Waals surface area contributed by atoms with Crippen molar-refractivity contribution in [3.05, 3.63) is 18.1 Å². The lowest BCUT2D eigenvalue weighted by molar-refractivity contribution is 0.0593. The summed E-state index contributed by atoms with van der Waals surface area (Å²) >= 11 is 0. The van der Waals surface area contributed by atoms with E-state index in [9.17, 15) is 4.79 Å². The Hall–Kier alpha value is -1.69. The Morgan fingerprint density at radius 2 is 2.16 bits per heavy atom. The van der Waals surface area contributed by atoms with Gasteiger partial charge in [0.1, 0.15) is 5.82 Å². The Bertz CT molecular complexity index is 415. The SMILES string of the molecule is CCN(c1cnc(C(=O)OC)cn1)C1CCNCC1. The van der Waals surface area contributed by atoms with Crippen LogP contribution in [0.2, 0.25) is 0 Å². The molecule has 0 saturated carbocycles. The molecule has 0 amide bonds. The highest BCUT2D eigenvalue weighted by Crippen LogP contribution is 2.18. The van der Waals surface area contributed by atoms with E-state index in [-0.39, 0.29) is 5.69 Å². The normalized spacial score (nSPS) is 16.1. The maximum absolute atomic E-state index is 11.3. The van der Waals surface area contributed by atoms with Gasteiger partial charge in [0.25, 0.3) is 0 Å². The molecule has 1 aromatic rings. The summed E-state index contributed by atoms with van der Waals surface area (Å²) in [5, 5.41) is 3.35. The van der Waals surface area contributed by atoms with E-state index in [1.807, 2.05) is 0 Å². The summed E-state index contributed by atoms with van der Waals surface area (Å²) in [6.45, 7) is 5.07. The number of ether oxygens (including phenoxy) is 1. The zero-order valence-electron chi connectivity index (χ0n) is 11.4. The fourth-order valence-electron chi connectivity index (χ4n) is 2.41. The molecule has 1 aromatic heterocycles. The van der Waals surface area contributed by atoms with Gasteiger partial charge in [0, 0.05) is 12.6 Å². The van der Waals surface area contributed by atoms with E-state index >= 15 is 0 Å². The highest BCUT2D eigenvalue weighted by Gasteiger charge is 2.21. The predicted molar refractivity (Wildman–Crippen MR) is 72.3 cm³/mol. The number of nitrogens with one attached hydrogen (secondary N) is 1. The van der Waals surface area contributed by atoms with Gasteiger partial charge in [-0.3, -0.25) is 0 Å². The van der Waals surface area contributed by atoms with Gasteiger partial charge in [-0.15, -0.1) is 0 Å². The number of anilines is 1. The number of piperidine rings is 1. The zero-order chi connectivity index (χ0) is 13.7. The van der Waals surface area contributed by atoms with Crippen LogP contribution in [-0.4, -0.2) is 48.7 Å². The van der Waals surface area contributed by atoms with E-state index in [0.29, 0.717) is 6.04 Å². The second kappa shape index (κ2) is 6.47. The smallest absolute Gasteiger partial charge is 0.358 e. The van der Waals surface area contributed by atoms with Gasteiger partial charge in [0.15, 0.2) is 5.69 Å². The molecule has 1 aliphatic heterocycles. The lowest BCUT2D eigenvalue weighted by Gasteiger charge is -2.34. The molecule has 1 N–H and O–H groups in total. The van der Waals surface area contributed by atoms with Crippen LogP contribution in [0.5, 0.6) is 0 Å². The predicted octanol–water partition coefficient (Wildman–Crippen LogP) is 0.841. The van der Waals surface area contributed by atoms with Gasteiger partial charge in [0.05, 0.1) is 19.5 Å². The maximum atomic E-state index is 11.3. The van der Waals surface area contributed by atoms with E-state index in [1.54, 1.807) is 6.20 Å². The molecule has 0 bridgehead atoms. The van der Waals surface area contributed by atoms with Crippen LogP contribution in [0.1, 0.15) is 30.3 Å². The van der Waals surface area contributed by atoms with E-state index in [4.69, 9.17) is 0 Å². The monoisotopic (exact) mass is 264 g/mol. The molecule has 104 valence electrons. The number of esters is 1. The third-order valence-corrected chi connectivity index (χ3v) is 3.42. The summed E-state index contributed by atoms with van der Waals surface area (Å²) in [5.74, 6) is 0.367. The standard InChI is InChI=1S/C13H20N4O2/c1-3-17(10-4-6-14-7-5-10)12-9-15-11(8-16-12)13(18)19-2/h8-10,14H,3-7H2,1-2H3. The minimum Gasteiger partial charge on any atom is -0.464 e. The van der Waals surface area contributed by atoms with E-state index in [1.165, 1.54) is 13.3 Å². The number of hydrogen-bond donors (Lipinski definition) is 1. The number of rotatable bonds is 4. The van der Waals surface area contributed by atoms with E-state index in [0.717, 1.165) is 38.3 Å². The Balaban J connectivity index is 2.12. The summed E-state index contributed by atoms with van der Waals surface area (Å²) in [4.78, 5) is 22.0. The van der Waals surface area contributed by atoms with Gasteiger partial charge in [-0.1, -0.05) is 0 Å². The van der Waals surface area contributed by atoms with Crippen molar-refractivity contribution >= 4 is 11.8 Å². The van der Waals surface area contributed by atoms with Crippen molar-refractivity contribution in [1.29, 1.82) is 0 Å². The van der Waals surface area contributed by atoms with Gasteiger partial charge in [-0.05, 0) is 32.9 Å². The first-order valence-electron chi connectivity index (χ1n) is 6.64. The molecule has 6 nitrogen and oxygen atoms in total. The van der Waals surface area contributed by atoms with Gasteiger partial charge in [0.2, 0.25) is 0 Å². The molecule has 19 heavy (non-hydrogen) atoms.